The summed E-state index contributed by atoms with van der Waals surface area (Å²) in [5, 5.41) is 3.41. The third-order valence-corrected chi connectivity index (χ3v) is 3.58. The molecule has 1 aromatic carbocycles. The van der Waals surface area contributed by atoms with E-state index < -0.39 is 0 Å². The van der Waals surface area contributed by atoms with E-state index in [9.17, 15) is 0 Å². The molecule has 0 radical (unpaired) electrons. The monoisotopic (exact) mass is 219 g/mol. The van der Waals surface area contributed by atoms with Gasteiger partial charge in [-0.2, -0.15) is 0 Å². The van der Waals surface area contributed by atoms with Crippen LogP contribution in [-0.2, 0) is 6.42 Å². The molecule has 0 bridgehead atoms. The Kier molecular flexibility index (Phi) is 3.83. The molecule has 1 aromatic rings. The minimum Gasteiger partial charge on any atom is -0.496 e. The molecule has 1 fully saturated rings. The summed E-state index contributed by atoms with van der Waals surface area (Å²) in [4.78, 5) is 0. The average Bonchev–Trinajstić information content (AvgIpc) is 2.33. The summed E-state index contributed by atoms with van der Waals surface area (Å²) >= 11 is 0. The van der Waals surface area contributed by atoms with Crippen LogP contribution in [0.4, 0.5) is 0 Å². The van der Waals surface area contributed by atoms with Crippen molar-refractivity contribution in [3.05, 3.63) is 29.3 Å². The van der Waals surface area contributed by atoms with E-state index in [4.69, 9.17) is 4.74 Å². The second-order valence-corrected chi connectivity index (χ2v) is 4.64. The summed E-state index contributed by atoms with van der Waals surface area (Å²) in [6.45, 7) is 4.51. The maximum absolute atomic E-state index is 5.36. The number of nitrogens with one attached hydrogen (secondary N) is 1. The zero-order valence-electron chi connectivity index (χ0n) is 10.3. The molecule has 1 aliphatic heterocycles. The van der Waals surface area contributed by atoms with Crippen LogP contribution in [0.25, 0.3) is 0 Å². The largest absolute Gasteiger partial charge is 0.496 e. The van der Waals surface area contributed by atoms with Gasteiger partial charge in [0.05, 0.1) is 7.11 Å². The van der Waals surface area contributed by atoms with Crippen molar-refractivity contribution in [2.24, 2.45) is 5.92 Å². The third kappa shape index (κ3) is 2.56. The summed E-state index contributed by atoms with van der Waals surface area (Å²) in [5.41, 5.74) is 2.76. The summed E-state index contributed by atoms with van der Waals surface area (Å²) in [5.74, 6) is 1.86. The maximum atomic E-state index is 5.36. The minimum atomic E-state index is 0.840. The van der Waals surface area contributed by atoms with Crippen molar-refractivity contribution in [2.75, 3.05) is 20.2 Å². The van der Waals surface area contributed by atoms with E-state index in [0.29, 0.717) is 0 Å². The van der Waals surface area contributed by atoms with Crippen LogP contribution in [0, 0.1) is 12.8 Å². The number of rotatable bonds is 3. The first-order valence-corrected chi connectivity index (χ1v) is 6.14. The minimum absolute atomic E-state index is 0.840. The highest BCUT2D eigenvalue weighted by Crippen LogP contribution is 2.25. The lowest BCUT2D eigenvalue weighted by molar-refractivity contribution is 0.370. The fourth-order valence-corrected chi connectivity index (χ4v) is 2.50. The van der Waals surface area contributed by atoms with Gasteiger partial charge in [-0.05, 0) is 62.4 Å². The summed E-state index contributed by atoms with van der Waals surface area (Å²) in [6.07, 6.45) is 3.80. The highest BCUT2D eigenvalue weighted by molar-refractivity contribution is 5.39. The van der Waals surface area contributed by atoms with Crippen LogP contribution < -0.4 is 10.1 Å². The molecule has 1 aliphatic rings. The number of benzene rings is 1. The Labute approximate surface area is 98.0 Å². The molecule has 0 aromatic heterocycles. The van der Waals surface area contributed by atoms with Crippen molar-refractivity contribution in [1.82, 2.24) is 5.32 Å². The van der Waals surface area contributed by atoms with Crippen molar-refractivity contribution >= 4 is 0 Å². The van der Waals surface area contributed by atoms with E-state index in [2.05, 4.69) is 24.4 Å². The van der Waals surface area contributed by atoms with E-state index in [1.54, 1.807) is 7.11 Å². The van der Waals surface area contributed by atoms with Crippen molar-refractivity contribution in [3.8, 4) is 5.75 Å². The molecule has 2 nitrogen and oxygen atoms in total. The molecule has 1 saturated heterocycles. The van der Waals surface area contributed by atoms with Gasteiger partial charge in [0.2, 0.25) is 0 Å². The molecule has 16 heavy (non-hydrogen) atoms. The molecule has 1 heterocycles. The molecule has 0 saturated carbocycles. The zero-order valence-corrected chi connectivity index (χ0v) is 10.3. The van der Waals surface area contributed by atoms with Crippen LogP contribution in [0.2, 0.25) is 0 Å². The molecule has 1 N–H and O–H groups in total. The quantitative estimate of drug-likeness (QED) is 0.843. The lowest BCUT2D eigenvalue weighted by Gasteiger charge is -2.23. The number of ether oxygens (including phenoxy) is 1. The smallest absolute Gasteiger partial charge is 0.122 e. The van der Waals surface area contributed by atoms with Crippen molar-refractivity contribution < 1.29 is 4.74 Å². The summed E-state index contributed by atoms with van der Waals surface area (Å²) < 4.78 is 5.36. The van der Waals surface area contributed by atoms with Gasteiger partial charge in [-0.15, -0.1) is 0 Å². The lowest BCUT2D eigenvalue weighted by Crippen LogP contribution is -2.28. The van der Waals surface area contributed by atoms with E-state index >= 15 is 0 Å². The van der Waals surface area contributed by atoms with Gasteiger partial charge in [-0.1, -0.05) is 12.1 Å². The average molecular weight is 219 g/mol. The molecular weight excluding hydrogens is 198 g/mol. The number of hydrogen-bond donors (Lipinski definition) is 1. The second kappa shape index (κ2) is 5.35. The SMILES string of the molecule is COc1cccc(CC2CCNCC2)c1C. The van der Waals surface area contributed by atoms with Gasteiger partial charge < -0.3 is 10.1 Å². The Balaban J connectivity index is 2.08. The predicted molar refractivity (Wildman–Crippen MR) is 67.0 cm³/mol. The maximum Gasteiger partial charge on any atom is 0.122 e. The zero-order chi connectivity index (χ0) is 11.4. The molecular formula is C14H21NO. The van der Waals surface area contributed by atoms with E-state index in [1.807, 2.05) is 6.07 Å². The molecule has 0 aliphatic carbocycles. The molecule has 2 rings (SSSR count). The normalized spacial score (nSPS) is 17.4. The fourth-order valence-electron chi connectivity index (χ4n) is 2.50. The van der Waals surface area contributed by atoms with Gasteiger partial charge in [0.15, 0.2) is 0 Å². The van der Waals surface area contributed by atoms with Crippen LogP contribution in [0.3, 0.4) is 0 Å². The molecule has 2 heteroatoms. The van der Waals surface area contributed by atoms with Crippen LogP contribution in [0.5, 0.6) is 5.75 Å². The molecule has 0 unspecified atom stereocenters. The molecule has 88 valence electrons. The first-order valence-electron chi connectivity index (χ1n) is 6.14. The molecule has 0 spiro atoms. The Bertz CT molecular complexity index is 343. The predicted octanol–water partition coefficient (Wildman–Crippen LogP) is 2.55. The highest BCUT2D eigenvalue weighted by atomic mass is 16.5. The van der Waals surface area contributed by atoms with Gasteiger partial charge in [0.25, 0.3) is 0 Å². The van der Waals surface area contributed by atoms with Crippen molar-refractivity contribution in [3.63, 3.8) is 0 Å². The van der Waals surface area contributed by atoms with Crippen LogP contribution in [0.15, 0.2) is 18.2 Å². The Morgan fingerprint density at radius 2 is 2.06 bits per heavy atom. The van der Waals surface area contributed by atoms with Crippen LogP contribution in [0.1, 0.15) is 24.0 Å². The van der Waals surface area contributed by atoms with Gasteiger partial charge in [-0.25, -0.2) is 0 Å². The van der Waals surface area contributed by atoms with E-state index in [1.165, 1.54) is 43.5 Å². The van der Waals surface area contributed by atoms with Gasteiger partial charge in [0, 0.05) is 0 Å². The van der Waals surface area contributed by atoms with Crippen molar-refractivity contribution in [2.45, 2.75) is 26.2 Å². The lowest BCUT2D eigenvalue weighted by atomic mass is 9.89. The summed E-state index contributed by atoms with van der Waals surface area (Å²) in [7, 11) is 1.75. The first-order chi connectivity index (χ1) is 7.81. The van der Waals surface area contributed by atoms with Gasteiger partial charge in [0.1, 0.15) is 5.75 Å². The van der Waals surface area contributed by atoms with Crippen LogP contribution >= 0.6 is 0 Å². The number of hydrogen-bond acceptors (Lipinski definition) is 2. The fraction of sp³-hybridized carbons (Fsp3) is 0.571. The number of methoxy groups -OCH3 is 1. The van der Waals surface area contributed by atoms with Crippen LogP contribution in [-0.4, -0.2) is 20.2 Å². The number of piperidine rings is 1. The second-order valence-electron chi connectivity index (χ2n) is 4.64. The Morgan fingerprint density at radius 3 is 2.75 bits per heavy atom. The summed E-state index contributed by atoms with van der Waals surface area (Å²) in [6, 6.07) is 6.38. The standard InChI is InChI=1S/C14H21NO/c1-11-13(4-3-5-14(11)16-2)10-12-6-8-15-9-7-12/h3-5,12,15H,6-10H2,1-2H3. The van der Waals surface area contributed by atoms with Gasteiger partial charge in [-0.3, -0.25) is 0 Å². The highest BCUT2D eigenvalue weighted by Gasteiger charge is 2.15. The van der Waals surface area contributed by atoms with E-state index in [0.717, 1.165) is 11.7 Å². The Hall–Kier alpha value is -1.02. The first kappa shape index (κ1) is 11.5. The molecule has 0 amide bonds. The van der Waals surface area contributed by atoms with E-state index in [-0.39, 0.29) is 0 Å². The third-order valence-electron chi connectivity index (χ3n) is 3.58. The molecule has 0 atom stereocenters. The topological polar surface area (TPSA) is 21.3 Å². The Morgan fingerprint density at radius 1 is 1.31 bits per heavy atom. The van der Waals surface area contributed by atoms with Gasteiger partial charge >= 0.3 is 0 Å². The van der Waals surface area contributed by atoms with Crippen molar-refractivity contribution in [1.29, 1.82) is 0 Å².